The minimum atomic E-state index is -3.63. The lowest BCUT2D eigenvalue weighted by Gasteiger charge is -2.28. The lowest BCUT2D eigenvalue weighted by molar-refractivity contribution is -0.0116. The van der Waals surface area contributed by atoms with E-state index in [9.17, 15) is 8.42 Å². The zero-order valence-electron chi connectivity index (χ0n) is 13.9. The first kappa shape index (κ1) is 20.7. The summed E-state index contributed by atoms with van der Waals surface area (Å²) in [5, 5.41) is 3.53. The summed E-state index contributed by atoms with van der Waals surface area (Å²) in [6.45, 7) is 3.27. The molecule has 2 heterocycles. The predicted octanol–water partition coefficient (Wildman–Crippen LogP) is 2.30. The molecular formula is C16H24Cl2N2O4S. The van der Waals surface area contributed by atoms with Crippen molar-refractivity contribution in [1.82, 2.24) is 9.62 Å². The van der Waals surface area contributed by atoms with Crippen LogP contribution in [0.1, 0.15) is 19.3 Å². The van der Waals surface area contributed by atoms with E-state index in [0.717, 1.165) is 25.9 Å². The maximum atomic E-state index is 12.9. The van der Waals surface area contributed by atoms with Crippen LogP contribution in [0.15, 0.2) is 23.1 Å². The highest BCUT2D eigenvalue weighted by molar-refractivity contribution is 7.89. The van der Waals surface area contributed by atoms with Gasteiger partial charge in [-0.05, 0) is 37.5 Å². The highest BCUT2D eigenvalue weighted by atomic mass is 35.5. The van der Waals surface area contributed by atoms with E-state index < -0.39 is 10.0 Å². The Morgan fingerprint density at radius 2 is 2.04 bits per heavy atom. The Morgan fingerprint density at radius 1 is 1.28 bits per heavy atom. The molecule has 2 saturated heterocycles. The molecule has 6 nitrogen and oxygen atoms in total. The van der Waals surface area contributed by atoms with Crippen molar-refractivity contribution in [2.75, 3.05) is 39.4 Å². The number of piperazine rings is 1. The highest BCUT2D eigenvalue weighted by Gasteiger charge is 2.29. The number of ether oxygens (including phenoxy) is 2. The molecule has 9 heteroatoms. The fourth-order valence-corrected chi connectivity index (χ4v) is 4.78. The Morgan fingerprint density at radius 3 is 2.72 bits per heavy atom. The van der Waals surface area contributed by atoms with Crippen LogP contribution in [0.4, 0.5) is 0 Å². The van der Waals surface area contributed by atoms with Crippen LogP contribution < -0.4 is 10.1 Å². The van der Waals surface area contributed by atoms with Crippen molar-refractivity contribution < 1.29 is 17.9 Å². The Bertz CT molecular complexity index is 660. The molecule has 2 fully saturated rings. The summed E-state index contributed by atoms with van der Waals surface area (Å²) < 4.78 is 38.8. The van der Waals surface area contributed by atoms with Crippen molar-refractivity contribution in [2.45, 2.75) is 30.3 Å². The number of benzene rings is 1. The van der Waals surface area contributed by atoms with E-state index in [2.05, 4.69) is 5.32 Å². The molecule has 0 saturated carbocycles. The quantitative estimate of drug-likeness (QED) is 0.806. The molecule has 0 spiro atoms. The average molecular weight is 411 g/mol. The molecule has 1 unspecified atom stereocenters. The van der Waals surface area contributed by atoms with E-state index >= 15 is 0 Å². The number of sulfonamides is 1. The fourth-order valence-electron chi connectivity index (χ4n) is 2.95. The van der Waals surface area contributed by atoms with Crippen molar-refractivity contribution in [3.8, 4) is 5.75 Å². The number of hydrogen-bond donors (Lipinski definition) is 1. The van der Waals surface area contributed by atoms with Crippen LogP contribution in [0.2, 0.25) is 5.02 Å². The second-order valence-corrected chi connectivity index (χ2v) is 8.39. The summed E-state index contributed by atoms with van der Waals surface area (Å²) in [5.74, 6) is 0.340. The summed E-state index contributed by atoms with van der Waals surface area (Å²) in [7, 11) is -3.63. The Balaban J connectivity index is 0.00000225. The molecule has 0 bridgehead atoms. The maximum absolute atomic E-state index is 12.9. The van der Waals surface area contributed by atoms with Gasteiger partial charge in [0, 0.05) is 37.8 Å². The molecule has 1 aromatic rings. The van der Waals surface area contributed by atoms with Crippen LogP contribution in [0.3, 0.4) is 0 Å². The van der Waals surface area contributed by atoms with Gasteiger partial charge in [0.15, 0.2) is 0 Å². The first-order valence-corrected chi connectivity index (χ1v) is 10.1. The molecule has 25 heavy (non-hydrogen) atoms. The third-order valence-corrected chi connectivity index (χ3v) is 6.45. The third kappa shape index (κ3) is 5.21. The van der Waals surface area contributed by atoms with Gasteiger partial charge in [0.2, 0.25) is 10.0 Å². The second kappa shape index (κ2) is 9.39. The number of rotatable bonds is 5. The van der Waals surface area contributed by atoms with Gasteiger partial charge in [-0.1, -0.05) is 11.6 Å². The zero-order chi connectivity index (χ0) is 17.0. The molecule has 3 rings (SSSR count). The topological polar surface area (TPSA) is 67.9 Å². The van der Waals surface area contributed by atoms with Crippen LogP contribution >= 0.6 is 24.0 Å². The maximum Gasteiger partial charge on any atom is 0.246 e. The Kier molecular flexibility index (Phi) is 7.79. The van der Waals surface area contributed by atoms with Crippen LogP contribution in [0, 0.1) is 0 Å². The Labute approximate surface area is 160 Å². The monoisotopic (exact) mass is 410 g/mol. The van der Waals surface area contributed by atoms with E-state index in [1.807, 2.05) is 0 Å². The molecule has 2 aliphatic heterocycles. The van der Waals surface area contributed by atoms with E-state index in [0.29, 0.717) is 43.6 Å². The molecule has 142 valence electrons. The smallest absolute Gasteiger partial charge is 0.246 e. The molecule has 0 aromatic heterocycles. The minimum Gasteiger partial charge on any atom is -0.489 e. The SMILES string of the molecule is Cl.O=S(=O)(c1cc(Cl)ccc1OCC1CCCCO1)N1CCNCC1. The number of nitrogens with zero attached hydrogens (tertiary/aromatic N) is 1. The van der Waals surface area contributed by atoms with Crippen LogP contribution in [-0.4, -0.2) is 58.2 Å². The highest BCUT2D eigenvalue weighted by Crippen LogP contribution is 2.30. The van der Waals surface area contributed by atoms with Crippen molar-refractivity contribution >= 4 is 34.0 Å². The molecular weight excluding hydrogens is 387 g/mol. The molecule has 1 N–H and O–H groups in total. The van der Waals surface area contributed by atoms with E-state index in [1.54, 1.807) is 12.1 Å². The first-order valence-electron chi connectivity index (χ1n) is 8.32. The zero-order valence-corrected chi connectivity index (χ0v) is 16.3. The van der Waals surface area contributed by atoms with Crippen LogP contribution in [0.25, 0.3) is 0 Å². The van der Waals surface area contributed by atoms with Crippen molar-refractivity contribution in [3.63, 3.8) is 0 Å². The average Bonchev–Trinajstić information content (AvgIpc) is 2.62. The van der Waals surface area contributed by atoms with E-state index in [1.165, 1.54) is 10.4 Å². The van der Waals surface area contributed by atoms with Crippen LogP contribution in [0.5, 0.6) is 5.75 Å². The molecule has 1 aromatic carbocycles. The number of halogens is 2. The van der Waals surface area contributed by atoms with Gasteiger partial charge < -0.3 is 14.8 Å². The number of nitrogens with one attached hydrogen (secondary N) is 1. The van der Waals surface area contributed by atoms with E-state index in [-0.39, 0.29) is 23.4 Å². The lowest BCUT2D eigenvalue weighted by Crippen LogP contribution is -2.46. The fraction of sp³-hybridized carbons (Fsp3) is 0.625. The molecule has 0 amide bonds. The van der Waals surface area contributed by atoms with E-state index in [4.69, 9.17) is 21.1 Å². The van der Waals surface area contributed by atoms with Gasteiger partial charge in [0.25, 0.3) is 0 Å². The van der Waals surface area contributed by atoms with Gasteiger partial charge >= 0.3 is 0 Å². The van der Waals surface area contributed by atoms with Gasteiger partial charge in [0.1, 0.15) is 17.3 Å². The summed E-state index contributed by atoms with van der Waals surface area (Å²) in [6, 6.07) is 4.74. The van der Waals surface area contributed by atoms with Gasteiger partial charge in [-0.2, -0.15) is 4.31 Å². The number of hydrogen-bond acceptors (Lipinski definition) is 5. The Hall–Kier alpha value is -0.570. The van der Waals surface area contributed by atoms with Crippen LogP contribution in [-0.2, 0) is 14.8 Å². The van der Waals surface area contributed by atoms with Crippen molar-refractivity contribution in [1.29, 1.82) is 0 Å². The summed E-state index contributed by atoms with van der Waals surface area (Å²) >= 11 is 6.04. The molecule has 0 aliphatic carbocycles. The van der Waals surface area contributed by atoms with Gasteiger partial charge in [-0.15, -0.1) is 12.4 Å². The minimum absolute atomic E-state index is 0. The predicted molar refractivity (Wildman–Crippen MR) is 99.4 cm³/mol. The van der Waals surface area contributed by atoms with Gasteiger partial charge in [0.05, 0.1) is 6.10 Å². The van der Waals surface area contributed by atoms with Crippen molar-refractivity contribution in [2.24, 2.45) is 0 Å². The molecule has 2 aliphatic rings. The largest absolute Gasteiger partial charge is 0.489 e. The first-order chi connectivity index (χ1) is 11.6. The second-order valence-electron chi connectivity index (χ2n) is 6.04. The molecule has 1 atom stereocenters. The normalized spacial score (nSPS) is 22.2. The molecule has 0 radical (unpaired) electrons. The summed E-state index contributed by atoms with van der Waals surface area (Å²) in [5.41, 5.74) is 0. The van der Waals surface area contributed by atoms with Gasteiger partial charge in [-0.25, -0.2) is 8.42 Å². The summed E-state index contributed by atoms with van der Waals surface area (Å²) in [6.07, 6.45) is 3.14. The van der Waals surface area contributed by atoms with Gasteiger partial charge in [-0.3, -0.25) is 0 Å². The summed E-state index contributed by atoms with van der Waals surface area (Å²) in [4.78, 5) is 0.132. The third-order valence-electron chi connectivity index (χ3n) is 4.30. The standard InChI is InChI=1S/C16H23ClN2O4S.ClH/c17-13-4-5-15(23-12-14-3-1-2-10-22-14)16(11-13)24(20,21)19-8-6-18-7-9-19;/h4-5,11,14,18H,1-3,6-10,12H2;1H. The van der Waals surface area contributed by atoms with Crippen molar-refractivity contribution in [3.05, 3.63) is 23.2 Å². The lowest BCUT2D eigenvalue weighted by atomic mass is 10.1.